The first-order chi connectivity index (χ1) is 22.4. The highest BCUT2D eigenvalue weighted by Crippen LogP contribution is 2.76. The van der Waals surface area contributed by atoms with Crippen molar-refractivity contribution in [3.05, 3.63) is 53.6 Å². The number of aromatic carboxylic acids is 1. The predicted molar refractivity (Wildman–Crippen MR) is 186 cm³/mol. The summed E-state index contributed by atoms with van der Waals surface area (Å²) in [5, 5.41) is 13.0. The smallest absolute Gasteiger partial charge is 0.335 e. The van der Waals surface area contributed by atoms with Crippen LogP contribution in [-0.2, 0) is 4.79 Å². The largest absolute Gasteiger partial charge is 0.478 e. The molecule has 1 amide bonds. The van der Waals surface area contributed by atoms with Crippen molar-refractivity contribution in [3.63, 3.8) is 0 Å². The van der Waals surface area contributed by atoms with Gasteiger partial charge in [0.25, 0.3) is 5.92 Å². The zero-order valence-corrected chi connectivity index (χ0v) is 29.9. The van der Waals surface area contributed by atoms with Gasteiger partial charge < -0.3 is 10.4 Å². The Bertz CT molecular complexity index is 1540. The van der Waals surface area contributed by atoms with Crippen molar-refractivity contribution >= 4 is 17.4 Å². The molecule has 5 nitrogen and oxygen atoms in total. The molecule has 262 valence electrons. The Hall–Kier alpha value is -2.54. The number of rotatable bonds is 6. The molecule has 4 saturated carbocycles. The molecule has 6 aliphatic rings. The summed E-state index contributed by atoms with van der Waals surface area (Å²) in [5.41, 5.74) is 4.13. The fraction of sp³-hybridized carbons (Fsp3) is 0.707. The van der Waals surface area contributed by atoms with Crippen LogP contribution in [0.2, 0.25) is 0 Å². The van der Waals surface area contributed by atoms with E-state index in [0.717, 1.165) is 44.1 Å². The highest BCUT2D eigenvalue weighted by Gasteiger charge is 2.70. The Morgan fingerprint density at radius 1 is 0.917 bits per heavy atom. The van der Waals surface area contributed by atoms with Crippen LogP contribution in [-0.4, -0.2) is 53.0 Å². The zero-order valence-electron chi connectivity index (χ0n) is 29.9. The van der Waals surface area contributed by atoms with E-state index in [1.54, 1.807) is 17.0 Å². The molecular weight excluding hydrogens is 606 g/mol. The number of hydrogen-bond acceptors (Lipinski definition) is 3. The van der Waals surface area contributed by atoms with Crippen LogP contribution in [0.4, 0.5) is 8.78 Å². The number of carboxylic acids is 1. The molecule has 7 rings (SSSR count). The molecule has 48 heavy (non-hydrogen) atoms. The number of hydrogen-bond donors (Lipinski definition) is 2. The van der Waals surface area contributed by atoms with E-state index in [0.29, 0.717) is 35.2 Å². The number of halogens is 2. The van der Waals surface area contributed by atoms with Gasteiger partial charge >= 0.3 is 5.97 Å². The van der Waals surface area contributed by atoms with Crippen LogP contribution < -0.4 is 5.32 Å². The van der Waals surface area contributed by atoms with Gasteiger partial charge in [-0.3, -0.25) is 9.69 Å². The van der Waals surface area contributed by atoms with Gasteiger partial charge in [-0.2, -0.15) is 0 Å². The van der Waals surface area contributed by atoms with Crippen molar-refractivity contribution in [3.8, 4) is 0 Å². The molecule has 2 N–H and O–H groups in total. The number of nitrogens with zero attached hydrogens (tertiary/aromatic N) is 1. The Morgan fingerprint density at radius 2 is 1.60 bits per heavy atom. The SMILES string of the molecule is C=C(C)C1CCC2(NC(=O)CN3CC(F)(F)C3)CCC3(C)C(CCC4C5(C)CC=C(c6ccc(C(=O)O)cc6)C(C)(C)C5CCC43C)C12. The second-order valence-corrected chi connectivity index (χ2v) is 18.3. The number of alkyl halides is 2. The number of carbonyl (C=O) groups is 2. The fourth-order valence-corrected chi connectivity index (χ4v) is 13.5. The Morgan fingerprint density at radius 3 is 2.23 bits per heavy atom. The van der Waals surface area contributed by atoms with Crippen LogP contribution in [0, 0.1) is 51.2 Å². The van der Waals surface area contributed by atoms with Crippen molar-refractivity contribution in [1.82, 2.24) is 10.2 Å². The standard InChI is InChI=1S/C41H56F2N2O3/c1-25(2)28-14-19-40(44-33(46)22-45-23-41(42,43)24-45)21-20-38(6)30(34(28)40)12-13-32-37(5)17-15-29(26-8-10-27(11-9-26)35(47)48)36(3,4)31(37)16-18-39(32,38)7/h8-11,15,28,30-32,34H,1,12-14,16-24H2,2-7H3,(H,44,46)(H,47,48). The number of carbonyl (C=O) groups excluding carboxylic acids is 1. The third-order valence-electron chi connectivity index (χ3n) is 15.8. The van der Waals surface area contributed by atoms with E-state index in [2.05, 4.69) is 59.5 Å². The molecule has 1 aromatic rings. The zero-order chi connectivity index (χ0) is 34.7. The van der Waals surface area contributed by atoms with E-state index in [4.69, 9.17) is 0 Å². The van der Waals surface area contributed by atoms with E-state index in [1.165, 1.54) is 30.4 Å². The Balaban J connectivity index is 1.18. The van der Waals surface area contributed by atoms with Gasteiger partial charge in [0.05, 0.1) is 25.2 Å². The van der Waals surface area contributed by atoms with Crippen molar-refractivity contribution in [1.29, 1.82) is 0 Å². The molecule has 0 radical (unpaired) electrons. The molecule has 7 heteroatoms. The van der Waals surface area contributed by atoms with E-state index in [1.807, 2.05) is 12.1 Å². The average molecular weight is 663 g/mol. The van der Waals surface area contributed by atoms with Crippen molar-refractivity contribution in [2.45, 2.75) is 111 Å². The molecule has 0 aromatic heterocycles. The van der Waals surface area contributed by atoms with Crippen LogP contribution in [0.1, 0.15) is 115 Å². The molecule has 9 unspecified atom stereocenters. The first-order valence-corrected chi connectivity index (χ1v) is 18.5. The number of nitrogens with one attached hydrogen (secondary N) is 1. The highest BCUT2D eigenvalue weighted by atomic mass is 19.3. The maximum Gasteiger partial charge on any atom is 0.335 e. The number of allylic oxidation sites excluding steroid dienone is 3. The van der Waals surface area contributed by atoms with Crippen LogP contribution in [0.5, 0.6) is 0 Å². The molecule has 1 heterocycles. The van der Waals surface area contributed by atoms with Crippen LogP contribution in [0.3, 0.4) is 0 Å². The van der Waals surface area contributed by atoms with E-state index < -0.39 is 11.9 Å². The third kappa shape index (κ3) is 4.82. The van der Waals surface area contributed by atoms with Crippen LogP contribution >= 0.6 is 0 Å². The van der Waals surface area contributed by atoms with Crippen molar-refractivity contribution in [2.75, 3.05) is 19.6 Å². The molecule has 5 aliphatic carbocycles. The number of likely N-dealkylation sites (tertiary alicyclic amines) is 1. The molecule has 1 aliphatic heterocycles. The number of amides is 1. The Labute approximate surface area is 286 Å². The van der Waals surface area contributed by atoms with E-state index in [-0.39, 0.29) is 52.7 Å². The molecule has 0 bridgehead atoms. The topological polar surface area (TPSA) is 69.6 Å². The monoisotopic (exact) mass is 662 g/mol. The predicted octanol–water partition coefficient (Wildman–Crippen LogP) is 8.86. The van der Waals surface area contributed by atoms with Gasteiger partial charge in [0.1, 0.15) is 0 Å². The summed E-state index contributed by atoms with van der Waals surface area (Å²) in [6.07, 6.45) is 12.2. The molecule has 1 saturated heterocycles. The Kier molecular flexibility index (Phi) is 7.76. The number of benzene rings is 1. The lowest BCUT2D eigenvalue weighted by Gasteiger charge is -2.72. The van der Waals surface area contributed by atoms with Gasteiger partial charge in [-0.05, 0) is 139 Å². The van der Waals surface area contributed by atoms with Crippen LogP contribution in [0.15, 0.2) is 42.5 Å². The molecule has 9 atom stereocenters. The van der Waals surface area contributed by atoms with Gasteiger partial charge in [0.15, 0.2) is 0 Å². The highest BCUT2D eigenvalue weighted by molar-refractivity contribution is 5.88. The maximum absolute atomic E-state index is 13.6. The van der Waals surface area contributed by atoms with Crippen molar-refractivity contribution in [2.24, 2.45) is 51.2 Å². The summed E-state index contributed by atoms with van der Waals surface area (Å²) in [7, 11) is 0. The first-order valence-electron chi connectivity index (χ1n) is 18.5. The van der Waals surface area contributed by atoms with Crippen LogP contribution in [0.25, 0.3) is 5.57 Å². The minimum Gasteiger partial charge on any atom is -0.478 e. The third-order valence-corrected chi connectivity index (χ3v) is 15.8. The lowest BCUT2D eigenvalue weighted by molar-refractivity contribution is -0.219. The summed E-state index contributed by atoms with van der Waals surface area (Å²) in [4.78, 5) is 26.5. The fourth-order valence-electron chi connectivity index (χ4n) is 13.5. The average Bonchev–Trinajstić information content (AvgIpc) is 3.36. The maximum atomic E-state index is 13.6. The summed E-state index contributed by atoms with van der Waals surface area (Å²) >= 11 is 0. The summed E-state index contributed by atoms with van der Waals surface area (Å²) in [6, 6.07) is 7.45. The van der Waals surface area contributed by atoms with Gasteiger partial charge in [-0.25, -0.2) is 13.6 Å². The molecular formula is C41H56F2N2O3. The summed E-state index contributed by atoms with van der Waals surface area (Å²) < 4.78 is 27.1. The lowest BCUT2D eigenvalue weighted by Crippen LogP contribution is -2.69. The molecule has 1 aromatic carbocycles. The molecule has 5 fully saturated rings. The van der Waals surface area contributed by atoms with Gasteiger partial charge in [0, 0.05) is 5.54 Å². The first kappa shape index (κ1) is 33.9. The number of carboxylic acid groups (broad SMARTS) is 1. The summed E-state index contributed by atoms with van der Waals surface area (Å²) in [6.45, 7) is 18.7. The van der Waals surface area contributed by atoms with Gasteiger partial charge in [-0.1, -0.05) is 65.0 Å². The quantitative estimate of drug-likeness (QED) is 0.299. The normalized spacial score (nSPS) is 42.6. The van der Waals surface area contributed by atoms with Crippen molar-refractivity contribution < 1.29 is 23.5 Å². The van der Waals surface area contributed by atoms with E-state index in [9.17, 15) is 23.5 Å². The second kappa shape index (κ2) is 11.0. The number of fused-ring (bicyclic) bond motifs is 7. The minimum absolute atomic E-state index is 0.0419. The summed E-state index contributed by atoms with van der Waals surface area (Å²) in [5.74, 6) is -1.41. The van der Waals surface area contributed by atoms with Gasteiger partial charge in [-0.15, -0.1) is 0 Å². The second-order valence-electron chi connectivity index (χ2n) is 18.3. The lowest BCUT2D eigenvalue weighted by atomic mass is 9.33. The van der Waals surface area contributed by atoms with E-state index >= 15 is 0 Å². The minimum atomic E-state index is -2.67. The molecule has 0 spiro atoms. The van der Waals surface area contributed by atoms with Gasteiger partial charge in [0.2, 0.25) is 5.91 Å².